The van der Waals surface area contributed by atoms with Gasteiger partial charge in [0.25, 0.3) is 0 Å². The van der Waals surface area contributed by atoms with Gasteiger partial charge in [-0.05, 0) is 24.6 Å². The first kappa shape index (κ1) is 12.4. The molecule has 0 radical (unpaired) electrons. The van der Waals surface area contributed by atoms with Gasteiger partial charge in [0.1, 0.15) is 0 Å². The number of hydrogen-bond acceptors (Lipinski definition) is 5. The van der Waals surface area contributed by atoms with Crippen LogP contribution in [0.5, 0.6) is 11.5 Å². The molecule has 1 aliphatic rings. The Morgan fingerprint density at radius 2 is 2.00 bits per heavy atom. The van der Waals surface area contributed by atoms with E-state index in [1.54, 1.807) is 19.1 Å². The molecule has 2 rings (SSSR count). The van der Waals surface area contributed by atoms with E-state index in [4.69, 9.17) is 20.3 Å². The summed E-state index contributed by atoms with van der Waals surface area (Å²) in [6.07, 6.45) is -0.396. The van der Waals surface area contributed by atoms with Crippen LogP contribution in [0.15, 0.2) is 12.1 Å². The number of ether oxygens (including phenoxy) is 2. The van der Waals surface area contributed by atoms with Gasteiger partial charge in [0.15, 0.2) is 17.3 Å². The SMILES string of the molecule is Cc1cc2c(cc1C(=O)C(N)CC(=O)O)OCO2. The second-order valence-electron chi connectivity index (χ2n) is 4.09. The number of carboxylic acids is 1. The van der Waals surface area contributed by atoms with Crippen molar-refractivity contribution in [3.63, 3.8) is 0 Å². The first-order valence-electron chi connectivity index (χ1n) is 5.41. The molecule has 1 aromatic rings. The third-order valence-corrected chi connectivity index (χ3v) is 2.72. The summed E-state index contributed by atoms with van der Waals surface area (Å²) in [5.74, 6) is -0.454. The van der Waals surface area contributed by atoms with Gasteiger partial charge in [-0.25, -0.2) is 0 Å². The van der Waals surface area contributed by atoms with Crippen LogP contribution >= 0.6 is 0 Å². The number of hydrogen-bond donors (Lipinski definition) is 2. The Labute approximate surface area is 103 Å². The Bertz CT molecular complexity index is 511. The average Bonchev–Trinajstić information content (AvgIpc) is 2.72. The second-order valence-corrected chi connectivity index (χ2v) is 4.09. The zero-order valence-electron chi connectivity index (χ0n) is 9.80. The van der Waals surface area contributed by atoms with Crippen LogP contribution in [0.1, 0.15) is 22.3 Å². The normalized spacial score (nSPS) is 14.3. The van der Waals surface area contributed by atoms with Gasteiger partial charge < -0.3 is 20.3 Å². The molecule has 1 aromatic carbocycles. The van der Waals surface area contributed by atoms with Crippen LogP contribution in [0.25, 0.3) is 0 Å². The predicted molar refractivity (Wildman–Crippen MR) is 61.9 cm³/mol. The molecular weight excluding hydrogens is 238 g/mol. The lowest BCUT2D eigenvalue weighted by Gasteiger charge is -2.11. The highest BCUT2D eigenvalue weighted by Gasteiger charge is 2.24. The molecule has 96 valence electrons. The molecule has 0 saturated carbocycles. The van der Waals surface area contributed by atoms with E-state index in [1.165, 1.54) is 0 Å². The van der Waals surface area contributed by atoms with E-state index >= 15 is 0 Å². The number of benzene rings is 1. The fourth-order valence-corrected chi connectivity index (χ4v) is 1.79. The molecule has 0 aliphatic carbocycles. The zero-order chi connectivity index (χ0) is 13.3. The van der Waals surface area contributed by atoms with Crippen molar-refractivity contribution in [3.8, 4) is 11.5 Å². The van der Waals surface area contributed by atoms with E-state index in [2.05, 4.69) is 0 Å². The number of aliphatic carboxylic acids is 1. The lowest BCUT2D eigenvalue weighted by atomic mass is 9.97. The molecule has 1 heterocycles. The standard InChI is InChI=1S/C12H13NO5/c1-6-2-9-10(18-5-17-9)3-7(6)12(16)8(13)4-11(14)15/h2-3,8H,4-5,13H2,1H3,(H,14,15). The van der Waals surface area contributed by atoms with Gasteiger partial charge >= 0.3 is 5.97 Å². The molecule has 1 atom stereocenters. The Morgan fingerprint density at radius 3 is 2.61 bits per heavy atom. The van der Waals surface area contributed by atoms with Crippen LogP contribution in [-0.2, 0) is 4.79 Å². The summed E-state index contributed by atoms with van der Waals surface area (Å²) in [5, 5.41) is 8.63. The maximum Gasteiger partial charge on any atom is 0.305 e. The van der Waals surface area contributed by atoms with E-state index in [1.807, 2.05) is 0 Å². The van der Waals surface area contributed by atoms with Gasteiger partial charge in [-0.15, -0.1) is 0 Å². The molecule has 1 unspecified atom stereocenters. The molecule has 0 spiro atoms. The van der Waals surface area contributed by atoms with Crippen LogP contribution in [0.3, 0.4) is 0 Å². The van der Waals surface area contributed by atoms with Crippen molar-refractivity contribution in [2.45, 2.75) is 19.4 Å². The van der Waals surface area contributed by atoms with Crippen molar-refractivity contribution < 1.29 is 24.2 Å². The number of carbonyl (C=O) groups excluding carboxylic acids is 1. The first-order chi connectivity index (χ1) is 8.49. The summed E-state index contributed by atoms with van der Waals surface area (Å²) in [5.41, 5.74) is 6.62. The predicted octanol–water partition coefficient (Wildman–Crippen LogP) is 0.708. The number of rotatable bonds is 4. The second kappa shape index (κ2) is 4.66. The smallest absolute Gasteiger partial charge is 0.305 e. The van der Waals surface area contributed by atoms with Crippen LogP contribution in [-0.4, -0.2) is 29.7 Å². The Morgan fingerprint density at radius 1 is 1.39 bits per heavy atom. The summed E-state index contributed by atoms with van der Waals surface area (Å²) in [7, 11) is 0. The average molecular weight is 251 g/mol. The zero-order valence-corrected chi connectivity index (χ0v) is 9.80. The van der Waals surface area contributed by atoms with E-state index in [0.29, 0.717) is 22.6 Å². The Kier molecular flexibility index (Phi) is 3.20. The monoisotopic (exact) mass is 251 g/mol. The third kappa shape index (κ3) is 2.28. The minimum absolute atomic E-state index is 0.119. The van der Waals surface area contributed by atoms with Gasteiger partial charge in [0.05, 0.1) is 12.5 Å². The molecule has 0 saturated heterocycles. The lowest BCUT2D eigenvalue weighted by molar-refractivity contribution is -0.137. The molecule has 0 aromatic heterocycles. The van der Waals surface area contributed by atoms with Crippen molar-refractivity contribution in [1.82, 2.24) is 0 Å². The molecule has 1 aliphatic heterocycles. The largest absolute Gasteiger partial charge is 0.481 e. The summed E-state index contributed by atoms with van der Waals surface area (Å²) >= 11 is 0. The number of Topliss-reactive ketones (excluding diaryl/α,β-unsaturated/α-hetero) is 1. The van der Waals surface area contributed by atoms with E-state index in [0.717, 1.165) is 0 Å². The minimum Gasteiger partial charge on any atom is -0.481 e. The fraction of sp³-hybridized carbons (Fsp3) is 0.333. The molecule has 0 fully saturated rings. The summed E-state index contributed by atoms with van der Waals surface area (Å²) < 4.78 is 10.4. The third-order valence-electron chi connectivity index (χ3n) is 2.72. The van der Waals surface area contributed by atoms with Crippen molar-refractivity contribution in [2.75, 3.05) is 6.79 Å². The van der Waals surface area contributed by atoms with Crippen LogP contribution < -0.4 is 15.2 Å². The molecular formula is C12H13NO5. The van der Waals surface area contributed by atoms with Crippen molar-refractivity contribution >= 4 is 11.8 Å². The first-order valence-corrected chi connectivity index (χ1v) is 5.41. The fourth-order valence-electron chi connectivity index (χ4n) is 1.79. The molecule has 18 heavy (non-hydrogen) atoms. The molecule has 6 nitrogen and oxygen atoms in total. The summed E-state index contributed by atoms with van der Waals surface area (Å²) in [4.78, 5) is 22.6. The van der Waals surface area contributed by atoms with Crippen LogP contribution in [0.4, 0.5) is 0 Å². The topological polar surface area (TPSA) is 98.9 Å². The van der Waals surface area contributed by atoms with Crippen LogP contribution in [0.2, 0.25) is 0 Å². The van der Waals surface area contributed by atoms with Crippen molar-refractivity contribution in [1.29, 1.82) is 0 Å². The van der Waals surface area contributed by atoms with Gasteiger partial charge in [-0.2, -0.15) is 0 Å². The number of ketones is 1. The quantitative estimate of drug-likeness (QED) is 0.764. The molecule has 0 amide bonds. The van der Waals surface area contributed by atoms with Gasteiger partial charge in [-0.3, -0.25) is 9.59 Å². The molecule has 6 heteroatoms. The number of carboxylic acid groups (broad SMARTS) is 1. The Balaban J connectivity index is 2.28. The summed E-state index contributed by atoms with van der Waals surface area (Å²) in [6.45, 7) is 1.86. The highest BCUT2D eigenvalue weighted by atomic mass is 16.7. The van der Waals surface area contributed by atoms with Gasteiger partial charge in [0, 0.05) is 5.56 Å². The van der Waals surface area contributed by atoms with Crippen molar-refractivity contribution in [3.05, 3.63) is 23.3 Å². The molecule has 3 N–H and O–H groups in total. The van der Waals surface area contributed by atoms with Gasteiger partial charge in [-0.1, -0.05) is 0 Å². The number of carbonyl (C=O) groups is 2. The van der Waals surface area contributed by atoms with Gasteiger partial charge in [0.2, 0.25) is 6.79 Å². The van der Waals surface area contributed by atoms with Crippen molar-refractivity contribution in [2.24, 2.45) is 5.73 Å². The maximum absolute atomic E-state index is 12.0. The highest BCUT2D eigenvalue weighted by molar-refractivity contribution is 6.03. The Hall–Kier alpha value is -2.08. The van der Waals surface area contributed by atoms with E-state index < -0.39 is 24.2 Å². The number of aryl methyl sites for hydroxylation is 1. The highest BCUT2D eigenvalue weighted by Crippen LogP contribution is 2.34. The van der Waals surface area contributed by atoms with Crippen LogP contribution in [0, 0.1) is 6.92 Å². The van der Waals surface area contributed by atoms with E-state index in [-0.39, 0.29) is 6.79 Å². The lowest BCUT2D eigenvalue weighted by Crippen LogP contribution is -2.33. The number of fused-ring (bicyclic) bond motifs is 1. The number of nitrogens with two attached hydrogens (primary N) is 1. The molecule has 0 bridgehead atoms. The minimum atomic E-state index is -1.10. The summed E-state index contributed by atoms with van der Waals surface area (Å²) in [6, 6.07) is 2.17. The maximum atomic E-state index is 12.0. The van der Waals surface area contributed by atoms with E-state index in [9.17, 15) is 9.59 Å².